The molecule has 0 saturated heterocycles. The Morgan fingerprint density at radius 1 is 0.643 bits per heavy atom. The van der Waals surface area contributed by atoms with Crippen LogP contribution < -0.4 is 11.5 Å². The molecule has 28 heavy (non-hydrogen) atoms. The first-order valence-corrected chi connectivity index (χ1v) is 9.19. The van der Waals surface area contributed by atoms with E-state index >= 15 is 0 Å². The molecule has 3 heterocycles. The maximum Gasteiger partial charge on any atom is 0.123 e. The molecular formula is C21H23N7. The van der Waals surface area contributed by atoms with Crippen LogP contribution in [0.4, 0.5) is 0 Å². The molecule has 0 amide bonds. The lowest BCUT2D eigenvalue weighted by molar-refractivity contribution is 0.756. The van der Waals surface area contributed by atoms with Gasteiger partial charge in [0.05, 0.1) is 41.6 Å². The fourth-order valence-electron chi connectivity index (χ4n) is 2.97. The monoisotopic (exact) mass is 373 g/mol. The van der Waals surface area contributed by atoms with Crippen LogP contribution >= 0.6 is 0 Å². The van der Waals surface area contributed by atoms with Gasteiger partial charge in [0.2, 0.25) is 0 Å². The molecule has 0 fully saturated rings. The number of aromatic amines is 2. The fraction of sp³-hybridized carbons (Fsp3) is 0.190. The average molecular weight is 373 g/mol. The molecule has 4 rings (SSSR count). The predicted octanol–water partition coefficient (Wildman–Crippen LogP) is 3.57. The molecule has 7 heteroatoms. The van der Waals surface area contributed by atoms with Crippen molar-refractivity contribution in [2.45, 2.75) is 25.9 Å². The number of nitrogens with one attached hydrogen (secondary N) is 2. The number of nitrogens with zero attached hydrogens (tertiary/aromatic N) is 3. The van der Waals surface area contributed by atoms with Crippen molar-refractivity contribution in [1.82, 2.24) is 24.9 Å². The summed E-state index contributed by atoms with van der Waals surface area (Å²) in [6, 6.07) is 12.0. The van der Waals surface area contributed by atoms with Crippen molar-refractivity contribution in [2.24, 2.45) is 11.5 Å². The van der Waals surface area contributed by atoms with Crippen LogP contribution in [0.2, 0.25) is 0 Å². The van der Waals surface area contributed by atoms with Crippen LogP contribution in [-0.4, -0.2) is 24.9 Å². The number of imidazole rings is 2. The predicted molar refractivity (Wildman–Crippen MR) is 110 cm³/mol. The van der Waals surface area contributed by atoms with Gasteiger partial charge >= 0.3 is 0 Å². The van der Waals surface area contributed by atoms with Crippen LogP contribution in [0, 0.1) is 0 Å². The average Bonchev–Trinajstić information content (AvgIpc) is 3.38. The molecule has 0 radical (unpaired) electrons. The minimum Gasteiger partial charge on any atom is -0.341 e. The van der Waals surface area contributed by atoms with E-state index in [1.54, 1.807) is 6.20 Å². The summed E-state index contributed by atoms with van der Waals surface area (Å²) >= 11 is 0. The van der Waals surface area contributed by atoms with E-state index in [9.17, 15) is 0 Å². The van der Waals surface area contributed by atoms with E-state index in [0.29, 0.717) is 0 Å². The van der Waals surface area contributed by atoms with Crippen molar-refractivity contribution in [3.05, 3.63) is 66.6 Å². The molecule has 142 valence electrons. The Balaban J connectivity index is 1.54. The summed E-state index contributed by atoms with van der Waals surface area (Å²) in [5.74, 6) is 1.54. The first-order chi connectivity index (χ1) is 13.5. The van der Waals surface area contributed by atoms with Gasteiger partial charge in [0.25, 0.3) is 0 Å². The molecule has 0 aliphatic rings. The van der Waals surface area contributed by atoms with E-state index in [0.717, 1.165) is 45.4 Å². The highest BCUT2D eigenvalue weighted by molar-refractivity contribution is 5.68. The molecule has 4 aromatic rings. The van der Waals surface area contributed by atoms with E-state index in [1.165, 1.54) is 0 Å². The van der Waals surface area contributed by atoms with Crippen LogP contribution in [0.25, 0.3) is 33.8 Å². The Kier molecular flexibility index (Phi) is 4.77. The lowest BCUT2D eigenvalue weighted by atomic mass is 10.1. The lowest BCUT2D eigenvalue weighted by Gasteiger charge is -2.05. The molecule has 0 aliphatic heterocycles. The molecule has 7 nitrogen and oxygen atoms in total. The number of hydrogen-bond donors (Lipinski definition) is 4. The molecular weight excluding hydrogens is 350 g/mol. The fourth-order valence-corrected chi connectivity index (χ4v) is 2.97. The summed E-state index contributed by atoms with van der Waals surface area (Å²) < 4.78 is 0. The maximum absolute atomic E-state index is 5.86. The van der Waals surface area contributed by atoms with Gasteiger partial charge in [-0.15, -0.1) is 0 Å². The van der Waals surface area contributed by atoms with Crippen molar-refractivity contribution >= 4 is 0 Å². The molecule has 0 saturated carbocycles. The second-order valence-corrected chi connectivity index (χ2v) is 6.95. The number of benzene rings is 1. The molecule has 2 atom stereocenters. The molecule has 0 unspecified atom stereocenters. The van der Waals surface area contributed by atoms with Gasteiger partial charge in [0.1, 0.15) is 11.6 Å². The highest BCUT2D eigenvalue weighted by Crippen LogP contribution is 2.25. The van der Waals surface area contributed by atoms with Crippen molar-refractivity contribution in [1.29, 1.82) is 0 Å². The highest BCUT2D eigenvalue weighted by atomic mass is 15.0. The van der Waals surface area contributed by atoms with Crippen molar-refractivity contribution in [3.8, 4) is 33.8 Å². The summed E-state index contributed by atoms with van der Waals surface area (Å²) in [6.45, 7) is 3.80. The summed E-state index contributed by atoms with van der Waals surface area (Å²) in [7, 11) is 0. The van der Waals surface area contributed by atoms with Gasteiger partial charge < -0.3 is 21.4 Å². The van der Waals surface area contributed by atoms with E-state index in [-0.39, 0.29) is 12.1 Å². The standard InChI is InChI=1S/C21H23N7/c1-12(22)20-25-10-18(27-20)15-5-3-14(4-6-15)17-8-7-16(9-24-17)19-11-26-21(28-19)13(2)23/h3-13H,22-23H2,1-2H3,(H,25,27)(H,26,28)/t12-,13-/m0/s1. The summed E-state index contributed by atoms with van der Waals surface area (Å²) in [5.41, 5.74) is 17.6. The van der Waals surface area contributed by atoms with Crippen molar-refractivity contribution < 1.29 is 0 Å². The van der Waals surface area contributed by atoms with Crippen molar-refractivity contribution in [3.63, 3.8) is 0 Å². The molecule has 0 aliphatic carbocycles. The van der Waals surface area contributed by atoms with Gasteiger partial charge in [-0.05, 0) is 31.5 Å². The quantitative estimate of drug-likeness (QED) is 0.426. The van der Waals surface area contributed by atoms with E-state index in [4.69, 9.17) is 11.5 Å². The first-order valence-electron chi connectivity index (χ1n) is 9.19. The van der Waals surface area contributed by atoms with Crippen LogP contribution in [-0.2, 0) is 0 Å². The van der Waals surface area contributed by atoms with Crippen LogP contribution in [0.1, 0.15) is 37.6 Å². The van der Waals surface area contributed by atoms with Gasteiger partial charge in [0.15, 0.2) is 0 Å². The van der Waals surface area contributed by atoms with E-state index in [2.05, 4.69) is 24.9 Å². The first kappa shape index (κ1) is 18.1. The zero-order valence-corrected chi connectivity index (χ0v) is 15.8. The zero-order valence-electron chi connectivity index (χ0n) is 15.8. The number of aromatic nitrogens is 5. The molecule has 0 bridgehead atoms. The number of pyridine rings is 1. The van der Waals surface area contributed by atoms with Crippen molar-refractivity contribution in [2.75, 3.05) is 0 Å². The Bertz CT molecular complexity index is 969. The van der Waals surface area contributed by atoms with Gasteiger partial charge in [-0.3, -0.25) is 4.98 Å². The third kappa shape index (κ3) is 3.58. The lowest BCUT2D eigenvalue weighted by Crippen LogP contribution is -2.06. The van der Waals surface area contributed by atoms with Crippen LogP contribution in [0.5, 0.6) is 0 Å². The summed E-state index contributed by atoms with van der Waals surface area (Å²) in [5, 5.41) is 0. The molecule has 3 aromatic heterocycles. The molecule has 6 N–H and O–H groups in total. The van der Waals surface area contributed by atoms with Crippen LogP contribution in [0.3, 0.4) is 0 Å². The van der Waals surface area contributed by atoms with Gasteiger partial charge in [-0.1, -0.05) is 24.3 Å². The minimum absolute atomic E-state index is 0.116. The number of hydrogen-bond acceptors (Lipinski definition) is 5. The third-order valence-corrected chi connectivity index (χ3v) is 4.62. The highest BCUT2D eigenvalue weighted by Gasteiger charge is 2.09. The largest absolute Gasteiger partial charge is 0.341 e. The Labute approximate surface area is 163 Å². The molecule has 1 aromatic carbocycles. The molecule has 0 spiro atoms. The topological polar surface area (TPSA) is 122 Å². The Hall–Kier alpha value is -3.29. The van der Waals surface area contributed by atoms with Crippen LogP contribution in [0.15, 0.2) is 55.0 Å². The third-order valence-electron chi connectivity index (χ3n) is 4.62. The van der Waals surface area contributed by atoms with Gasteiger partial charge in [-0.2, -0.15) is 0 Å². The number of nitrogens with two attached hydrogens (primary N) is 2. The van der Waals surface area contributed by atoms with E-state index in [1.807, 2.05) is 62.6 Å². The Morgan fingerprint density at radius 3 is 1.61 bits per heavy atom. The smallest absolute Gasteiger partial charge is 0.123 e. The van der Waals surface area contributed by atoms with Gasteiger partial charge in [-0.25, -0.2) is 9.97 Å². The minimum atomic E-state index is -0.126. The summed E-state index contributed by atoms with van der Waals surface area (Å²) in [6.07, 6.45) is 5.43. The Morgan fingerprint density at radius 2 is 1.14 bits per heavy atom. The normalized spacial score (nSPS) is 13.4. The maximum atomic E-state index is 5.86. The zero-order chi connectivity index (χ0) is 19.7. The second-order valence-electron chi connectivity index (χ2n) is 6.95. The SMILES string of the molecule is C[C@H](N)c1ncc(-c2ccc(-c3ccc(-c4cnc([C@H](C)N)[nH]4)cn3)cc2)[nH]1. The van der Waals surface area contributed by atoms with Gasteiger partial charge in [0, 0.05) is 17.3 Å². The second kappa shape index (κ2) is 7.38. The number of rotatable bonds is 5. The van der Waals surface area contributed by atoms with E-state index < -0.39 is 0 Å². The summed E-state index contributed by atoms with van der Waals surface area (Å²) in [4.78, 5) is 19.7. The number of H-pyrrole nitrogens is 2.